The highest BCUT2D eigenvalue weighted by atomic mass is 33.1. The number of aliphatic hydroxyl groups is 4. The molecule has 1 aliphatic rings. The molecule has 12 heteroatoms. The van der Waals surface area contributed by atoms with Crippen molar-refractivity contribution in [1.82, 2.24) is 19.6 Å². The molecule has 1 saturated heterocycles. The fourth-order valence-corrected chi connectivity index (χ4v) is 13.1. The van der Waals surface area contributed by atoms with Crippen LogP contribution >= 0.6 is 21.6 Å². The molecule has 4 unspecified atom stereocenters. The lowest BCUT2D eigenvalue weighted by Gasteiger charge is -2.34. The molecule has 4 atom stereocenters. The van der Waals surface area contributed by atoms with E-state index in [4.69, 9.17) is 4.74 Å². The van der Waals surface area contributed by atoms with Crippen molar-refractivity contribution < 1.29 is 30.0 Å². The number of ether oxygens (including phenoxy) is 1. The summed E-state index contributed by atoms with van der Waals surface area (Å²) in [5, 5.41) is 44.0. The minimum absolute atomic E-state index is 0.143. The number of carbonyl (C=O) groups is 1. The van der Waals surface area contributed by atoms with E-state index in [0.717, 1.165) is 122 Å². The highest BCUT2D eigenvalue weighted by Gasteiger charge is 2.20. The van der Waals surface area contributed by atoms with Crippen LogP contribution in [-0.2, 0) is 9.53 Å². The number of hydrogen-bond donors (Lipinski definition) is 4. The van der Waals surface area contributed by atoms with Gasteiger partial charge in [0.1, 0.15) is 6.61 Å². The molecule has 1 rings (SSSR count). The van der Waals surface area contributed by atoms with Gasteiger partial charge in [0, 0.05) is 83.4 Å². The van der Waals surface area contributed by atoms with E-state index in [2.05, 4.69) is 47.3 Å². The van der Waals surface area contributed by atoms with Crippen molar-refractivity contribution in [3.05, 3.63) is 0 Å². The quantitative estimate of drug-likeness (QED) is 0.0264. The van der Waals surface area contributed by atoms with Crippen LogP contribution < -0.4 is 0 Å². The van der Waals surface area contributed by atoms with Crippen molar-refractivity contribution in [2.45, 2.75) is 309 Å². The summed E-state index contributed by atoms with van der Waals surface area (Å²) >= 11 is 0. The molecule has 454 valence electrons. The van der Waals surface area contributed by atoms with Gasteiger partial charge in [-0.15, -0.1) is 0 Å². The molecule has 0 radical (unpaired) electrons. The second-order valence-electron chi connectivity index (χ2n) is 23.5. The van der Waals surface area contributed by atoms with E-state index < -0.39 is 12.2 Å². The van der Waals surface area contributed by atoms with Crippen LogP contribution in [-0.4, -0.2) is 167 Å². The smallest absolute Gasteiger partial charge is 0.305 e. The molecular formula is C64H130N4O6S2. The van der Waals surface area contributed by atoms with Gasteiger partial charge in [-0.1, -0.05) is 255 Å². The fraction of sp³-hybridized carbons (Fsp3) is 0.984. The van der Waals surface area contributed by atoms with E-state index in [1.807, 2.05) is 21.6 Å². The predicted octanol–water partition coefficient (Wildman–Crippen LogP) is 15.3. The number of hydrogen-bond acceptors (Lipinski definition) is 12. The zero-order chi connectivity index (χ0) is 55.2. The zero-order valence-electron chi connectivity index (χ0n) is 50.9. The van der Waals surface area contributed by atoms with Gasteiger partial charge in [-0.05, 0) is 58.0 Å². The average Bonchev–Trinajstić information content (AvgIpc) is 3.40. The molecule has 10 nitrogen and oxygen atoms in total. The average molecular weight is 1120 g/mol. The van der Waals surface area contributed by atoms with Gasteiger partial charge in [0.25, 0.3) is 0 Å². The minimum atomic E-state index is -0.402. The van der Waals surface area contributed by atoms with Crippen LogP contribution in [0.2, 0.25) is 0 Å². The molecule has 0 aromatic heterocycles. The molecule has 1 aliphatic heterocycles. The summed E-state index contributed by atoms with van der Waals surface area (Å²) in [6.45, 7) is 19.6. The van der Waals surface area contributed by atoms with E-state index in [-0.39, 0.29) is 18.2 Å². The lowest BCUT2D eigenvalue weighted by molar-refractivity contribution is -0.144. The van der Waals surface area contributed by atoms with Crippen LogP contribution in [0.4, 0.5) is 0 Å². The van der Waals surface area contributed by atoms with E-state index in [0.29, 0.717) is 52.2 Å². The Balaban J connectivity index is 2.34. The van der Waals surface area contributed by atoms with Crippen LogP contribution in [0.3, 0.4) is 0 Å². The van der Waals surface area contributed by atoms with Gasteiger partial charge in [0.15, 0.2) is 0 Å². The van der Waals surface area contributed by atoms with Crippen molar-refractivity contribution in [2.24, 2.45) is 0 Å². The van der Waals surface area contributed by atoms with Gasteiger partial charge in [0.2, 0.25) is 0 Å². The van der Waals surface area contributed by atoms with Gasteiger partial charge >= 0.3 is 5.97 Å². The van der Waals surface area contributed by atoms with E-state index in [1.54, 1.807) is 0 Å². The summed E-state index contributed by atoms with van der Waals surface area (Å²) in [5.74, 6) is 2.12. The summed E-state index contributed by atoms with van der Waals surface area (Å²) in [5.41, 5.74) is 0. The molecule has 0 aromatic rings. The van der Waals surface area contributed by atoms with E-state index in [9.17, 15) is 25.2 Å². The molecule has 0 saturated carbocycles. The maximum atomic E-state index is 12.8. The van der Waals surface area contributed by atoms with Crippen molar-refractivity contribution in [3.8, 4) is 0 Å². The van der Waals surface area contributed by atoms with Gasteiger partial charge in [-0.25, -0.2) is 0 Å². The summed E-state index contributed by atoms with van der Waals surface area (Å²) < 4.78 is 5.72. The summed E-state index contributed by atoms with van der Waals surface area (Å²) in [7, 11) is 3.98. The molecule has 4 N–H and O–H groups in total. The lowest BCUT2D eigenvalue weighted by Crippen LogP contribution is -2.47. The van der Waals surface area contributed by atoms with Crippen LogP contribution in [0.5, 0.6) is 0 Å². The van der Waals surface area contributed by atoms with Crippen molar-refractivity contribution >= 4 is 27.6 Å². The van der Waals surface area contributed by atoms with E-state index >= 15 is 0 Å². The number of piperazine rings is 1. The number of unbranched alkanes of at least 4 members (excludes halogenated alkanes) is 29. The Morgan fingerprint density at radius 3 is 1.05 bits per heavy atom. The third-order valence-electron chi connectivity index (χ3n) is 16.0. The van der Waals surface area contributed by atoms with Gasteiger partial charge in [-0.2, -0.15) is 0 Å². The first-order valence-electron chi connectivity index (χ1n) is 33.2. The molecule has 0 bridgehead atoms. The molecule has 0 amide bonds. The lowest BCUT2D eigenvalue weighted by atomic mass is 10.0. The monoisotopic (exact) mass is 1110 g/mol. The van der Waals surface area contributed by atoms with Crippen LogP contribution in [0.1, 0.15) is 285 Å². The summed E-state index contributed by atoms with van der Waals surface area (Å²) in [6.07, 6.45) is 45.9. The van der Waals surface area contributed by atoms with Gasteiger partial charge in [0.05, 0.1) is 24.4 Å². The van der Waals surface area contributed by atoms with Crippen LogP contribution in [0, 0.1) is 0 Å². The topological polar surface area (TPSA) is 120 Å². The minimum Gasteiger partial charge on any atom is -0.464 e. The third-order valence-corrected chi connectivity index (χ3v) is 18.4. The molecule has 0 aromatic carbocycles. The van der Waals surface area contributed by atoms with Crippen molar-refractivity contribution in [2.75, 3.05) is 96.6 Å². The van der Waals surface area contributed by atoms with Gasteiger partial charge < -0.3 is 25.2 Å². The molecular weight excluding hydrogens is 985 g/mol. The first-order valence-corrected chi connectivity index (χ1v) is 35.7. The Labute approximate surface area is 480 Å². The van der Waals surface area contributed by atoms with Crippen LogP contribution in [0.15, 0.2) is 0 Å². The van der Waals surface area contributed by atoms with Gasteiger partial charge in [-0.3, -0.25) is 24.4 Å². The predicted molar refractivity (Wildman–Crippen MR) is 333 cm³/mol. The highest BCUT2D eigenvalue weighted by Crippen LogP contribution is 2.23. The third kappa shape index (κ3) is 49.6. The summed E-state index contributed by atoms with van der Waals surface area (Å²) in [6, 6.07) is 0. The Hall–Kier alpha value is -0.150. The molecule has 1 heterocycles. The molecule has 76 heavy (non-hydrogen) atoms. The molecule has 1 fully saturated rings. The highest BCUT2D eigenvalue weighted by molar-refractivity contribution is 8.76. The number of carbonyl (C=O) groups excluding carboxylic acids is 1. The van der Waals surface area contributed by atoms with Crippen molar-refractivity contribution in [3.63, 3.8) is 0 Å². The summed E-state index contributed by atoms with van der Waals surface area (Å²) in [4.78, 5) is 22.4. The van der Waals surface area contributed by atoms with Crippen LogP contribution in [0.25, 0.3) is 0 Å². The molecule has 0 aliphatic carbocycles. The zero-order valence-corrected chi connectivity index (χ0v) is 52.5. The largest absolute Gasteiger partial charge is 0.464 e. The first kappa shape index (κ1) is 73.9. The Morgan fingerprint density at radius 1 is 0.395 bits per heavy atom. The van der Waals surface area contributed by atoms with E-state index in [1.165, 1.54) is 180 Å². The number of nitrogens with zero attached hydrogens (tertiary/aromatic N) is 4. The second-order valence-corrected chi connectivity index (χ2v) is 26.2. The number of aliphatic hydroxyl groups excluding tert-OH is 4. The maximum Gasteiger partial charge on any atom is 0.305 e. The maximum absolute atomic E-state index is 12.8. The Bertz CT molecular complexity index is 1130. The number of esters is 1. The Morgan fingerprint density at radius 2 is 0.697 bits per heavy atom. The SMILES string of the molecule is CCCCCCCCCCC(O)CN(CCCCSSCCN1CCN(CCOC(=O)CCCN(CC(O)CCCCCCCCCC)CC(O)CCCCCCCCCC)CC1)CC(O)CCCCCCCCCC. The second kappa shape index (κ2) is 56.7. The number of rotatable bonds is 60. The normalized spacial score (nSPS) is 15.3. The molecule has 0 spiro atoms. The van der Waals surface area contributed by atoms with Crippen molar-refractivity contribution in [1.29, 1.82) is 0 Å². The Kier molecular flexibility index (Phi) is 55.1. The first-order chi connectivity index (χ1) is 37.2. The standard InChI is InChI=1S/C64H130N4O6S2/c1-5-9-13-17-21-25-29-33-40-60(69)56-67(57-61(70)41-34-30-26-22-18-14-10-6-2)45-37-38-54-75-76-55-52-66-49-47-65(48-50-66)51-53-74-64(73)44-39-46-68(58-62(71)42-35-31-27-23-19-15-11-7-3)59-63(72)43-36-32-28-24-20-16-12-8-4/h60-63,69-72H,5-59H2,1-4H3. The fourth-order valence-electron chi connectivity index (χ4n) is 11.0.